The zero-order valence-electron chi connectivity index (χ0n) is 14.0. The Morgan fingerprint density at radius 3 is 2.57 bits per heavy atom. The van der Waals surface area contributed by atoms with Crippen molar-refractivity contribution >= 4 is 5.91 Å². The van der Waals surface area contributed by atoms with E-state index in [2.05, 4.69) is 31.2 Å². The van der Waals surface area contributed by atoms with Crippen molar-refractivity contribution in [3.05, 3.63) is 53.9 Å². The first-order valence-electron chi connectivity index (χ1n) is 7.89. The second-order valence-electron chi connectivity index (χ2n) is 6.71. The van der Waals surface area contributed by atoms with Gasteiger partial charge in [-0.1, -0.05) is 45.0 Å². The van der Waals surface area contributed by atoms with Gasteiger partial charge in [-0.05, 0) is 22.6 Å². The van der Waals surface area contributed by atoms with Gasteiger partial charge in [-0.2, -0.15) is 5.10 Å². The Morgan fingerprint density at radius 2 is 2.00 bits per heavy atom. The van der Waals surface area contributed by atoms with Crippen molar-refractivity contribution in [3.8, 4) is 0 Å². The number of aliphatic hydroxyl groups excluding tert-OH is 1. The molecule has 0 aliphatic heterocycles. The van der Waals surface area contributed by atoms with Crippen LogP contribution in [0.25, 0.3) is 0 Å². The van der Waals surface area contributed by atoms with Crippen LogP contribution in [0, 0.1) is 0 Å². The van der Waals surface area contributed by atoms with E-state index in [0.29, 0.717) is 13.0 Å². The van der Waals surface area contributed by atoms with Crippen molar-refractivity contribution in [2.24, 2.45) is 0 Å². The number of hydrogen-bond donors (Lipinski definition) is 2. The third-order valence-electron chi connectivity index (χ3n) is 3.78. The third-order valence-corrected chi connectivity index (χ3v) is 3.78. The number of nitrogens with one attached hydrogen (secondary N) is 1. The summed E-state index contributed by atoms with van der Waals surface area (Å²) in [4.78, 5) is 11.8. The van der Waals surface area contributed by atoms with Crippen molar-refractivity contribution < 1.29 is 9.90 Å². The minimum Gasteiger partial charge on any atom is -0.387 e. The van der Waals surface area contributed by atoms with Gasteiger partial charge >= 0.3 is 0 Å². The number of carbonyl (C=O) groups excluding carboxylic acids is 1. The molecule has 2 aromatic rings. The molecule has 0 aliphatic rings. The Bertz CT molecular complexity index is 613. The molecule has 0 bridgehead atoms. The molecule has 0 saturated carbocycles. The first-order valence-corrected chi connectivity index (χ1v) is 7.89. The fraction of sp³-hybridized carbons (Fsp3) is 0.444. The first-order chi connectivity index (χ1) is 10.9. The Kier molecular flexibility index (Phi) is 5.55. The number of hydrogen-bond acceptors (Lipinski definition) is 3. The highest BCUT2D eigenvalue weighted by Gasteiger charge is 2.15. The fourth-order valence-electron chi connectivity index (χ4n) is 2.27. The SMILES string of the molecule is CC(C)(C)c1ccc([C@H](O)CNC(=O)CCn2cccn2)cc1. The molecule has 0 spiro atoms. The average molecular weight is 315 g/mol. The maximum absolute atomic E-state index is 11.8. The quantitative estimate of drug-likeness (QED) is 0.860. The monoisotopic (exact) mass is 315 g/mol. The number of rotatable bonds is 6. The number of nitrogens with zero attached hydrogens (tertiary/aromatic N) is 2. The number of aromatic nitrogens is 2. The van der Waals surface area contributed by atoms with E-state index < -0.39 is 6.10 Å². The van der Waals surface area contributed by atoms with Crippen LogP contribution in [0.15, 0.2) is 42.7 Å². The zero-order valence-corrected chi connectivity index (χ0v) is 14.0. The molecule has 1 amide bonds. The van der Waals surface area contributed by atoms with Crippen molar-refractivity contribution in [1.82, 2.24) is 15.1 Å². The molecule has 1 heterocycles. The van der Waals surface area contributed by atoms with Gasteiger partial charge < -0.3 is 10.4 Å². The summed E-state index contributed by atoms with van der Waals surface area (Å²) in [6.45, 7) is 7.21. The van der Waals surface area contributed by atoms with Gasteiger partial charge in [0.05, 0.1) is 6.10 Å². The summed E-state index contributed by atoms with van der Waals surface area (Å²) < 4.78 is 1.71. The molecular weight excluding hydrogens is 290 g/mol. The number of carbonyl (C=O) groups is 1. The third kappa shape index (κ3) is 5.21. The predicted molar refractivity (Wildman–Crippen MR) is 90.0 cm³/mol. The van der Waals surface area contributed by atoms with Gasteiger partial charge in [0.15, 0.2) is 0 Å². The normalized spacial score (nSPS) is 12.9. The number of amides is 1. The standard InChI is InChI=1S/C18H25N3O2/c1-18(2,3)15-7-5-14(6-8-15)16(22)13-19-17(23)9-12-21-11-4-10-20-21/h4-8,10-11,16,22H,9,12-13H2,1-3H3,(H,19,23)/t16-/m1/s1. The van der Waals surface area contributed by atoms with Gasteiger partial charge in [0.1, 0.15) is 0 Å². The van der Waals surface area contributed by atoms with Crippen LogP contribution >= 0.6 is 0 Å². The summed E-state index contributed by atoms with van der Waals surface area (Å²) in [5, 5.41) is 17.0. The predicted octanol–water partition coefficient (Wildman–Crippen LogP) is 2.42. The Hall–Kier alpha value is -2.14. The summed E-state index contributed by atoms with van der Waals surface area (Å²) in [6.07, 6.45) is 3.15. The van der Waals surface area contributed by atoms with Crippen LogP contribution in [0.4, 0.5) is 0 Å². The van der Waals surface area contributed by atoms with Gasteiger partial charge in [-0.25, -0.2) is 0 Å². The topological polar surface area (TPSA) is 67.2 Å². The molecule has 0 fully saturated rings. The summed E-state index contributed by atoms with van der Waals surface area (Å²) >= 11 is 0. The number of benzene rings is 1. The lowest BCUT2D eigenvalue weighted by molar-refractivity contribution is -0.121. The minimum atomic E-state index is -0.697. The molecule has 2 rings (SSSR count). The molecule has 1 aromatic carbocycles. The van der Waals surface area contributed by atoms with Crippen LogP contribution in [0.2, 0.25) is 0 Å². The van der Waals surface area contributed by atoms with Crippen LogP contribution in [0.3, 0.4) is 0 Å². The molecule has 5 nitrogen and oxygen atoms in total. The maximum atomic E-state index is 11.8. The summed E-state index contributed by atoms with van der Waals surface area (Å²) in [7, 11) is 0. The van der Waals surface area contributed by atoms with E-state index in [-0.39, 0.29) is 17.9 Å². The second kappa shape index (κ2) is 7.42. The lowest BCUT2D eigenvalue weighted by Crippen LogP contribution is -2.29. The Morgan fingerprint density at radius 1 is 1.30 bits per heavy atom. The lowest BCUT2D eigenvalue weighted by atomic mass is 9.86. The Balaban J connectivity index is 1.79. The molecule has 1 aromatic heterocycles. The molecule has 1 atom stereocenters. The minimum absolute atomic E-state index is 0.0875. The molecule has 2 N–H and O–H groups in total. The van der Waals surface area contributed by atoms with Gasteiger partial charge in [0.25, 0.3) is 0 Å². The zero-order chi connectivity index (χ0) is 16.9. The summed E-state index contributed by atoms with van der Waals surface area (Å²) in [6, 6.07) is 9.71. The largest absolute Gasteiger partial charge is 0.387 e. The highest BCUT2D eigenvalue weighted by Crippen LogP contribution is 2.23. The first kappa shape index (κ1) is 17.2. The van der Waals surface area contributed by atoms with E-state index in [1.54, 1.807) is 10.9 Å². The molecule has 0 radical (unpaired) electrons. The average Bonchev–Trinajstić information content (AvgIpc) is 3.03. The van der Waals surface area contributed by atoms with Crippen LogP contribution in [0.1, 0.15) is 44.4 Å². The molecular formula is C18H25N3O2. The van der Waals surface area contributed by atoms with Gasteiger partial charge in [-0.3, -0.25) is 9.48 Å². The van der Waals surface area contributed by atoms with Crippen molar-refractivity contribution in [3.63, 3.8) is 0 Å². The maximum Gasteiger partial charge on any atom is 0.221 e. The van der Waals surface area contributed by atoms with Gasteiger partial charge in [-0.15, -0.1) is 0 Å². The van der Waals surface area contributed by atoms with E-state index in [1.807, 2.05) is 36.5 Å². The van der Waals surface area contributed by atoms with Crippen molar-refractivity contribution in [2.45, 2.75) is 45.3 Å². The number of aliphatic hydroxyl groups is 1. The van der Waals surface area contributed by atoms with Crippen molar-refractivity contribution in [2.75, 3.05) is 6.54 Å². The molecule has 23 heavy (non-hydrogen) atoms. The lowest BCUT2D eigenvalue weighted by Gasteiger charge is -2.20. The molecule has 0 aliphatic carbocycles. The molecule has 0 saturated heterocycles. The molecule has 124 valence electrons. The van der Waals surface area contributed by atoms with Crippen LogP contribution < -0.4 is 5.32 Å². The van der Waals surface area contributed by atoms with E-state index in [1.165, 1.54) is 5.56 Å². The second-order valence-corrected chi connectivity index (χ2v) is 6.71. The summed E-state index contributed by atoms with van der Waals surface area (Å²) in [5.41, 5.74) is 2.12. The van der Waals surface area contributed by atoms with Crippen LogP contribution in [-0.4, -0.2) is 27.3 Å². The van der Waals surface area contributed by atoms with Crippen LogP contribution in [0.5, 0.6) is 0 Å². The highest BCUT2D eigenvalue weighted by molar-refractivity contribution is 5.75. The highest BCUT2D eigenvalue weighted by atomic mass is 16.3. The molecule has 5 heteroatoms. The Labute approximate surface area is 137 Å². The summed E-state index contributed by atoms with van der Waals surface area (Å²) in [5.74, 6) is -0.0918. The van der Waals surface area contributed by atoms with E-state index in [4.69, 9.17) is 0 Å². The van der Waals surface area contributed by atoms with E-state index in [9.17, 15) is 9.90 Å². The van der Waals surface area contributed by atoms with E-state index >= 15 is 0 Å². The van der Waals surface area contributed by atoms with Crippen LogP contribution in [-0.2, 0) is 16.8 Å². The smallest absolute Gasteiger partial charge is 0.221 e. The van der Waals surface area contributed by atoms with E-state index in [0.717, 1.165) is 5.56 Å². The van der Waals surface area contributed by atoms with Crippen molar-refractivity contribution in [1.29, 1.82) is 0 Å². The van der Waals surface area contributed by atoms with Gasteiger partial charge in [0, 0.05) is 31.9 Å². The number of aryl methyl sites for hydroxylation is 1. The molecule has 0 unspecified atom stereocenters. The van der Waals surface area contributed by atoms with Gasteiger partial charge in [0.2, 0.25) is 5.91 Å². The fourth-order valence-corrected chi connectivity index (χ4v) is 2.27.